The molecule has 40 heavy (non-hydrogen) atoms. The van der Waals surface area contributed by atoms with E-state index in [1.54, 1.807) is 0 Å². The molecule has 0 amide bonds. The fourth-order valence-electron chi connectivity index (χ4n) is 3.17. The van der Waals surface area contributed by atoms with E-state index >= 15 is 0 Å². The first kappa shape index (κ1) is 34.3. The van der Waals surface area contributed by atoms with Gasteiger partial charge < -0.3 is 18.9 Å². The first-order valence-electron chi connectivity index (χ1n) is 11.6. The molecule has 0 unspecified atom stereocenters. The highest BCUT2D eigenvalue weighted by Crippen LogP contribution is 2.22. The molecular formula is C24H32N2O12S2. The maximum Gasteiger partial charge on any atom is 0.336 e. The summed E-state index contributed by atoms with van der Waals surface area (Å²) in [6, 6.07) is 5.60. The normalized spacial score (nSPS) is 17.3. The van der Waals surface area contributed by atoms with Crippen LogP contribution >= 0.6 is 0 Å². The molecule has 1 aliphatic carbocycles. The second kappa shape index (κ2) is 16.4. The fraction of sp³-hybridized carbons (Fsp3) is 0.417. The van der Waals surface area contributed by atoms with Gasteiger partial charge in [-0.05, 0) is 49.9 Å². The van der Waals surface area contributed by atoms with Crippen LogP contribution in [0.3, 0.4) is 0 Å². The van der Waals surface area contributed by atoms with Gasteiger partial charge in [-0.15, -0.1) is 0 Å². The minimum absolute atomic E-state index is 0.106. The highest BCUT2D eigenvalue weighted by atomic mass is 32.2. The van der Waals surface area contributed by atoms with Gasteiger partial charge in [0.25, 0.3) is 0 Å². The van der Waals surface area contributed by atoms with Crippen LogP contribution in [0.25, 0.3) is 0 Å². The summed E-state index contributed by atoms with van der Waals surface area (Å²) in [5.74, 6) is -2.43. The zero-order valence-electron chi connectivity index (χ0n) is 22.3. The van der Waals surface area contributed by atoms with Crippen molar-refractivity contribution < 1.29 is 55.0 Å². The van der Waals surface area contributed by atoms with Crippen molar-refractivity contribution in [1.29, 1.82) is 0 Å². The Balaban J connectivity index is 0.000000400. The number of ether oxygens (including phenoxy) is 4. The number of sulfonamides is 2. The molecule has 1 saturated carbocycles. The summed E-state index contributed by atoms with van der Waals surface area (Å²) in [5.41, 5.74) is 0.345. The van der Waals surface area contributed by atoms with Crippen molar-refractivity contribution in [3.05, 3.63) is 48.6 Å². The van der Waals surface area contributed by atoms with Crippen molar-refractivity contribution in [2.75, 3.05) is 31.5 Å². The Kier molecular flexibility index (Phi) is 14.0. The summed E-state index contributed by atoms with van der Waals surface area (Å²) in [5, 5.41) is 0. The zero-order valence-corrected chi connectivity index (χ0v) is 24.0. The molecule has 0 heterocycles. The van der Waals surface area contributed by atoms with E-state index in [0.717, 1.165) is 36.8 Å². The number of anilines is 1. The molecule has 0 aliphatic heterocycles. The van der Waals surface area contributed by atoms with Crippen LogP contribution in [0.2, 0.25) is 0 Å². The molecule has 0 aromatic heterocycles. The predicted molar refractivity (Wildman–Crippen MR) is 143 cm³/mol. The van der Waals surface area contributed by atoms with E-state index in [1.165, 1.54) is 38.5 Å². The number of esters is 4. The number of hydrogen-bond donors (Lipinski definition) is 2. The van der Waals surface area contributed by atoms with Crippen molar-refractivity contribution in [3.63, 3.8) is 0 Å². The second-order valence-corrected chi connectivity index (χ2v) is 11.9. The fourth-order valence-corrected chi connectivity index (χ4v) is 4.57. The lowest BCUT2D eigenvalue weighted by atomic mass is 9.94. The Labute approximate surface area is 232 Å². The van der Waals surface area contributed by atoms with Gasteiger partial charge in [0.1, 0.15) is 11.9 Å². The van der Waals surface area contributed by atoms with Crippen molar-refractivity contribution >= 4 is 49.6 Å². The number of hydrogen-bond acceptors (Lipinski definition) is 12. The van der Waals surface area contributed by atoms with Crippen molar-refractivity contribution in [2.24, 2.45) is 0 Å². The van der Waals surface area contributed by atoms with Crippen molar-refractivity contribution in [2.45, 2.75) is 37.8 Å². The first-order chi connectivity index (χ1) is 18.6. The van der Waals surface area contributed by atoms with Gasteiger partial charge >= 0.3 is 23.9 Å². The summed E-state index contributed by atoms with van der Waals surface area (Å²) in [7, 11) is -4.16. The molecule has 222 valence electrons. The Morgan fingerprint density at radius 2 is 1.20 bits per heavy atom. The molecule has 0 radical (unpaired) electrons. The van der Waals surface area contributed by atoms with Crippen LogP contribution in [0.5, 0.6) is 5.75 Å². The van der Waals surface area contributed by atoms with Crippen molar-refractivity contribution in [1.82, 2.24) is 4.72 Å². The predicted octanol–water partition coefficient (Wildman–Crippen LogP) is 0.812. The van der Waals surface area contributed by atoms with E-state index in [1.807, 2.05) is 0 Å². The van der Waals surface area contributed by atoms with Gasteiger partial charge in [-0.25, -0.2) is 40.7 Å². The number of rotatable bonds is 10. The first-order valence-corrected chi connectivity index (χ1v) is 15.4. The summed E-state index contributed by atoms with van der Waals surface area (Å²) < 4.78 is 67.7. The molecule has 1 aromatic carbocycles. The van der Waals surface area contributed by atoms with Crippen LogP contribution in [0.1, 0.15) is 25.7 Å². The van der Waals surface area contributed by atoms with Gasteiger partial charge in [0, 0.05) is 36.0 Å². The Hall–Kier alpha value is -3.76. The number of carbonyl (C=O) groups is 4. The van der Waals surface area contributed by atoms with Crippen LogP contribution < -0.4 is 14.2 Å². The monoisotopic (exact) mass is 604 g/mol. The highest BCUT2D eigenvalue weighted by molar-refractivity contribution is 7.92. The topological polar surface area (TPSA) is 198 Å². The summed E-state index contributed by atoms with van der Waals surface area (Å²) in [6.07, 6.45) is 8.19. The van der Waals surface area contributed by atoms with E-state index in [9.17, 15) is 36.0 Å². The van der Waals surface area contributed by atoms with Gasteiger partial charge in [-0.3, -0.25) is 4.72 Å². The van der Waals surface area contributed by atoms with Gasteiger partial charge in [-0.1, -0.05) is 0 Å². The van der Waals surface area contributed by atoms with E-state index in [0.29, 0.717) is 31.4 Å². The number of carbonyl (C=O) groups excluding carboxylic acids is 4. The largest absolute Gasteiger partial charge is 0.466 e. The Morgan fingerprint density at radius 1 is 0.725 bits per heavy atom. The molecule has 0 atom stereocenters. The third-order valence-corrected chi connectivity index (χ3v) is 6.20. The van der Waals surface area contributed by atoms with Crippen LogP contribution in [0.15, 0.2) is 48.6 Å². The molecule has 0 spiro atoms. The maximum atomic E-state index is 11.4. The minimum atomic E-state index is -3.35. The summed E-state index contributed by atoms with van der Waals surface area (Å²) >= 11 is 0. The standard InChI is InChI=1S/C12H19NO6S.C12H13NO6S/c2*1-18-11(14)7-8-12(15)19-10-5-3-9(4-6-10)13-20(2,16)17/h7-10,13H,3-6H2,1-2H3;3-8,13H,1-2H3/b2*8-7+. The second-order valence-electron chi connectivity index (χ2n) is 8.33. The van der Waals surface area contributed by atoms with Crippen LogP contribution in [-0.2, 0) is 53.4 Å². The molecule has 14 nitrogen and oxygen atoms in total. The number of methoxy groups -OCH3 is 2. The quantitative estimate of drug-likeness (QED) is 0.165. The average Bonchev–Trinajstić information content (AvgIpc) is 2.86. The van der Waals surface area contributed by atoms with E-state index in [-0.39, 0.29) is 17.9 Å². The zero-order chi connectivity index (χ0) is 30.3. The lowest BCUT2D eigenvalue weighted by molar-refractivity contribution is -0.145. The van der Waals surface area contributed by atoms with Crippen LogP contribution in [0, 0.1) is 0 Å². The van der Waals surface area contributed by atoms with Gasteiger partial charge in [0.2, 0.25) is 20.0 Å². The van der Waals surface area contributed by atoms with Crippen molar-refractivity contribution in [3.8, 4) is 5.75 Å². The third kappa shape index (κ3) is 16.3. The maximum absolute atomic E-state index is 11.4. The molecular weight excluding hydrogens is 572 g/mol. The SMILES string of the molecule is COC(=O)/C=C/C(=O)OC1CCC(NS(C)(=O)=O)CC1.COC(=O)/C=C/C(=O)Oc1ccc(NS(C)(=O)=O)cc1. The molecule has 1 aromatic rings. The van der Waals surface area contributed by atoms with Crippen LogP contribution in [0.4, 0.5) is 5.69 Å². The summed E-state index contributed by atoms with van der Waals surface area (Å²) in [6.45, 7) is 0. The molecule has 1 fully saturated rings. The van der Waals surface area contributed by atoms with Gasteiger partial charge in [-0.2, -0.15) is 0 Å². The summed E-state index contributed by atoms with van der Waals surface area (Å²) in [4.78, 5) is 44.3. The lowest BCUT2D eigenvalue weighted by Gasteiger charge is -2.27. The molecule has 0 bridgehead atoms. The van der Waals surface area contributed by atoms with E-state index < -0.39 is 43.9 Å². The van der Waals surface area contributed by atoms with E-state index in [2.05, 4.69) is 18.9 Å². The van der Waals surface area contributed by atoms with Gasteiger partial charge in [0.05, 0.1) is 26.7 Å². The van der Waals surface area contributed by atoms with E-state index in [4.69, 9.17) is 9.47 Å². The Bertz CT molecular complexity index is 1300. The smallest absolute Gasteiger partial charge is 0.336 e. The number of nitrogens with one attached hydrogen (secondary N) is 2. The minimum Gasteiger partial charge on any atom is -0.466 e. The number of benzene rings is 1. The molecule has 2 N–H and O–H groups in total. The third-order valence-electron chi connectivity index (χ3n) is 4.83. The molecule has 0 saturated heterocycles. The van der Waals surface area contributed by atoms with Crippen LogP contribution in [-0.4, -0.2) is 79.6 Å². The van der Waals surface area contributed by atoms with Gasteiger partial charge in [0.15, 0.2) is 0 Å². The molecule has 2 rings (SSSR count). The lowest BCUT2D eigenvalue weighted by Crippen LogP contribution is -2.38. The average molecular weight is 605 g/mol. The highest BCUT2D eigenvalue weighted by Gasteiger charge is 2.25. The molecule has 16 heteroatoms. The Morgan fingerprint density at radius 3 is 1.65 bits per heavy atom. The molecule has 1 aliphatic rings.